The molecule has 1 atom stereocenters. The fourth-order valence-electron chi connectivity index (χ4n) is 4.92. The van der Waals surface area contributed by atoms with Crippen molar-refractivity contribution < 1.29 is 18.4 Å². The van der Waals surface area contributed by atoms with Crippen molar-refractivity contribution in [1.29, 1.82) is 0 Å². The smallest absolute Gasteiger partial charge is 0.496 e. The molecule has 0 amide bonds. The summed E-state index contributed by atoms with van der Waals surface area (Å²) in [6, 6.07) is 9.50. The van der Waals surface area contributed by atoms with Gasteiger partial charge in [0.05, 0.1) is 29.9 Å². The Hall–Kier alpha value is -2.09. The van der Waals surface area contributed by atoms with Gasteiger partial charge in [0.25, 0.3) is 0 Å². The van der Waals surface area contributed by atoms with E-state index in [9.17, 15) is 0 Å². The molecule has 1 fully saturated rings. The van der Waals surface area contributed by atoms with Crippen molar-refractivity contribution in [3.8, 4) is 5.75 Å². The SMILES string of the molecule is COc1cccc(C23C=NCCN2c2cc(F)c(Cl)c(B4OC(C)(C)C(C)(C)O4)c2C3)c1. The van der Waals surface area contributed by atoms with Crippen LogP contribution >= 0.6 is 11.6 Å². The molecule has 3 heterocycles. The van der Waals surface area contributed by atoms with Gasteiger partial charge in [0, 0.05) is 30.3 Å². The highest BCUT2D eigenvalue weighted by atomic mass is 35.5. The van der Waals surface area contributed by atoms with Crippen molar-refractivity contribution in [1.82, 2.24) is 0 Å². The summed E-state index contributed by atoms with van der Waals surface area (Å²) in [6.45, 7) is 9.23. The van der Waals surface area contributed by atoms with E-state index in [-0.39, 0.29) is 5.02 Å². The zero-order valence-corrected chi connectivity index (χ0v) is 19.8. The van der Waals surface area contributed by atoms with Gasteiger partial charge in [-0.1, -0.05) is 23.7 Å². The number of anilines is 1. The molecule has 2 aromatic carbocycles. The van der Waals surface area contributed by atoms with Gasteiger partial charge in [-0.15, -0.1) is 0 Å². The molecule has 1 unspecified atom stereocenters. The Bertz CT molecular complexity index is 1110. The van der Waals surface area contributed by atoms with Crippen LogP contribution < -0.4 is 15.1 Å². The second-order valence-electron chi connectivity index (χ2n) is 9.69. The Balaban J connectivity index is 1.68. The van der Waals surface area contributed by atoms with E-state index in [1.165, 1.54) is 6.07 Å². The second kappa shape index (κ2) is 7.21. The Morgan fingerprint density at radius 3 is 2.56 bits per heavy atom. The monoisotopic (exact) mass is 456 g/mol. The Kier molecular flexibility index (Phi) is 4.90. The molecule has 3 aliphatic heterocycles. The lowest BCUT2D eigenvalue weighted by molar-refractivity contribution is 0.00578. The maximum Gasteiger partial charge on any atom is 0.496 e. The first kappa shape index (κ1) is 21.7. The van der Waals surface area contributed by atoms with Crippen LogP contribution in [0.1, 0.15) is 38.8 Å². The molecule has 0 N–H and O–H groups in total. The van der Waals surface area contributed by atoms with E-state index < -0.39 is 29.7 Å². The van der Waals surface area contributed by atoms with Gasteiger partial charge in [0.2, 0.25) is 0 Å². The minimum atomic E-state index is -0.752. The molecule has 2 aromatic rings. The summed E-state index contributed by atoms with van der Waals surface area (Å²) in [5.41, 5.74) is 1.69. The topological polar surface area (TPSA) is 43.3 Å². The molecular weight excluding hydrogens is 430 g/mol. The molecule has 5 rings (SSSR count). The largest absolute Gasteiger partial charge is 0.497 e. The Morgan fingerprint density at radius 1 is 1.16 bits per heavy atom. The number of fused-ring (bicyclic) bond motifs is 3. The summed E-state index contributed by atoms with van der Waals surface area (Å²) in [7, 11) is 0.899. The fraction of sp³-hybridized carbons (Fsp3) is 0.458. The predicted octanol–water partition coefficient (Wildman–Crippen LogP) is 4.13. The molecule has 5 nitrogen and oxygen atoms in total. The molecule has 0 radical (unpaired) electrons. The first-order valence-corrected chi connectivity index (χ1v) is 11.3. The first-order chi connectivity index (χ1) is 15.1. The van der Waals surface area contributed by atoms with Crippen LogP contribution in [0.5, 0.6) is 5.75 Å². The van der Waals surface area contributed by atoms with Crippen molar-refractivity contribution in [2.75, 3.05) is 25.1 Å². The summed E-state index contributed by atoms with van der Waals surface area (Å²) in [5, 5.41) is 0.0554. The summed E-state index contributed by atoms with van der Waals surface area (Å²) in [4.78, 5) is 6.85. The molecule has 1 saturated heterocycles. The highest BCUT2D eigenvalue weighted by Crippen LogP contribution is 2.47. The zero-order valence-electron chi connectivity index (χ0n) is 19.0. The number of rotatable bonds is 3. The van der Waals surface area contributed by atoms with Gasteiger partial charge in [0.15, 0.2) is 0 Å². The average Bonchev–Trinajstić information content (AvgIpc) is 3.19. The molecule has 0 aromatic heterocycles. The number of nitrogens with zero attached hydrogens (tertiary/aromatic N) is 2. The summed E-state index contributed by atoms with van der Waals surface area (Å²) >= 11 is 6.57. The highest BCUT2D eigenvalue weighted by Gasteiger charge is 2.55. The second-order valence-corrected chi connectivity index (χ2v) is 10.1. The fourth-order valence-corrected chi connectivity index (χ4v) is 5.17. The number of aliphatic imine (C=N–C) groups is 1. The molecule has 0 saturated carbocycles. The van der Waals surface area contributed by atoms with E-state index in [1.807, 2.05) is 52.1 Å². The Morgan fingerprint density at radius 2 is 1.88 bits per heavy atom. The van der Waals surface area contributed by atoms with Gasteiger partial charge < -0.3 is 18.9 Å². The van der Waals surface area contributed by atoms with E-state index in [1.54, 1.807) is 7.11 Å². The normalized spacial score (nSPS) is 25.1. The van der Waals surface area contributed by atoms with Crippen molar-refractivity contribution in [2.24, 2.45) is 4.99 Å². The summed E-state index contributed by atoms with van der Waals surface area (Å²) in [5.74, 6) is 0.293. The zero-order chi connectivity index (χ0) is 22.9. The molecule has 0 aliphatic carbocycles. The number of methoxy groups -OCH3 is 1. The van der Waals surface area contributed by atoms with Crippen LogP contribution in [0.3, 0.4) is 0 Å². The summed E-state index contributed by atoms with van der Waals surface area (Å²) < 4.78 is 33.2. The average molecular weight is 457 g/mol. The van der Waals surface area contributed by atoms with Crippen LogP contribution in [0.2, 0.25) is 5.02 Å². The van der Waals surface area contributed by atoms with Crippen LogP contribution in [0.25, 0.3) is 0 Å². The number of halogens is 2. The number of ether oxygens (including phenoxy) is 1. The van der Waals surface area contributed by atoms with Crippen LogP contribution in [-0.4, -0.2) is 44.7 Å². The van der Waals surface area contributed by atoms with Crippen molar-refractivity contribution in [2.45, 2.75) is 50.9 Å². The van der Waals surface area contributed by atoms with Crippen LogP contribution in [-0.2, 0) is 21.3 Å². The molecule has 3 aliphatic rings. The third-order valence-electron chi connectivity index (χ3n) is 7.38. The van der Waals surface area contributed by atoms with Gasteiger partial charge in [-0.3, -0.25) is 4.99 Å². The predicted molar refractivity (Wildman–Crippen MR) is 126 cm³/mol. The standard InChI is InChI=1S/C24H27BClFN2O3/c1-22(2)23(3,4)32-25(31-22)20-17-13-24(15-7-6-8-16(11-15)30-5)14-28-9-10-29(24)19(17)12-18(27)21(20)26/h6-8,11-12,14H,9-10,13H2,1-5H3. The third kappa shape index (κ3) is 3.01. The number of benzene rings is 2. The maximum atomic E-state index is 15.2. The molecule has 8 heteroatoms. The van der Waals surface area contributed by atoms with E-state index in [0.717, 1.165) is 22.6 Å². The van der Waals surface area contributed by atoms with E-state index in [0.29, 0.717) is 25.0 Å². The quantitative estimate of drug-likeness (QED) is 0.652. The van der Waals surface area contributed by atoms with Crippen molar-refractivity contribution in [3.63, 3.8) is 0 Å². The summed E-state index contributed by atoms with van der Waals surface area (Å²) in [6.07, 6.45) is 2.56. The third-order valence-corrected chi connectivity index (χ3v) is 7.76. The van der Waals surface area contributed by atoms with Crippen LogP contribution in [0.4, 0.5) is 10.1 Å². The van der Waals surface area contributed by atoms with Gasteiger partial charge in [-0.25, -0.2) is 4.39 Å². The lowest BCUT2D eigenvalue weighted by atomic mass is 9.73. The lowest BCUT2D eigenvalue weighted by Crippen LogP contribution is -2.49. The molecule has 0 bridgehead atoms. The van der Waals surface area contributed by atoms with Crippen LogP contribution in [0.15, 0.2) is 35.3 Å². The number of hydrogen-bond acceptors (Lipinski definition) is 5. The first-order valence-electron chi connectivity index (χ1n) is 10.9. The van der Waals surface area contributed by atoms with E-state index in [2.05, 4.69) is 16.0 Å². The van der Waals surface area contributed by atoms with Gasteiger partial charge in [0.1, 0.15) is 17.1 Å². The van der Waals surface area contributed by atoms with Crippen LogP contribution in [0, 0.1) is 5.82 Å². The maximum absolute atomic E-state index is 15.2. The molecular formula is C24H27BClFN2O3. The lowest BCUT2D eigenvalue weighted by Gasteiger charge is -2.40. The minimum Gasteiger partial charge on any atom is -0.497 e. The van der Waals surface area contributed by atoms with E-state index >= 15 is 4.39 Å². The number of hydrogen-bond donors (Lipinski definition) is 0. The van der Waals surface area contributed by atoms with Gasteiger partial charge in [-0.05, 0) is 57.0 Å². The van der Waals surface area contributed by atoms with Gasteiger partial charge >= 0.3 is 7.12 Å². The highest BCUT2D eigenvalue weighted by molar-refractivity contribution is 6.66. The molecule has 0 spiro atoms. The van der Waals surface area contributed by atoms with E-state index in [4.69, 9.17) is 25.6 Å². The van der Waals surface area contributed by atoms with Gasteiger partial charge in [-0.2, -0.15) is 0 Å². The minimum absolute atomic E-state index is 0.0554. The Labute approximate surface area is 193 Å². The molecule has 32 heavy (non-hydrogen) atoms. The molecule has 168 valence electrons. The van der Waals surface area contributed by atoms with Crippen molar-refractivity contribution in [3.05, 3.63) is 52.3 Å². The van der Waals surface area contributed by atoms with Crippen molar-refractivity contribution >= 4 is 36.1 Å².